The Labute approximate surface area is 66.8 Å². The predicted molar refractivity (Wildman–Crippen MR) is 47.6 cm³/mol. The number of hydrogen-bond acceptors (Lipinski definition) is 2. The molecule has 10 heavy (non-hydrogen) atoms. The van der Waals surface area contributed by atoms with Gasteiger partial charge >= 0.3 is 0 Å². The van der Waals surface area contributed by atoms with E-state index in [9.17, 15) is 4.79 Å². The van der Waals surface area contributed by atoms with Crippen LogP contribution in [0.1, 0.15) is 0 Å². The van der Waals surface area contributed by atoms with Gasteiger partial charge in [-0.25, -0.2) is 0 Å². The molecule has 4 heteroatoms. The molecule has 0 aromatic heterocycles. The Hall–Kier alpha value is -0.0100. The number of carbonyl (C=O) groups is 1. The Balaban J connectivity index is 2.54. The van der Waals surface area contributed by atoms with Crippen molar-refractivity contribution in [3.63, 3.8) is 0 Å². The molecule has 1 aliphatic heterocycles. The van der Waals surface area contributed by atoms with E-state index in [4.69, 9.17) is 0 Å². The van der Waals surface area contributed by atoms with Crippen molar-refractivity contribution in [2.24, 2.45) is 0 Å². The van der Waals surface area contributed by atoms with Crippen LogP contribution in [-0.4, -0.2) is 29.5 Å². The molecule has 1 fully saturated rings. The lowest BCUT2D eigenvalue weighted by Gasteiger charge is -2.13. The van der Waals surface area contributed by atoms with E-state index in [1.807, 2.05) is 0 Å². The largest absolute Gasteiger partial charge is 0.303 e. The van der Waals surface area contributed by atoms with Gasteiger partial charge in [0.1, 0.15) is 0 Å². The molecule has 1 unspecified atom stereocenters. The molecule has 0 N–H and O–H groups in total. The van der Waals surface area contributed by atoms with Crippen molar-refractivity contribution in [2.75, 3.05) is 18.7 Å². The van der Waals surface area contributed by atoms with E-state index in [1.54, 1.807) is 4.90 Å². The first-order chi connectivity index (χ1) is 4.75. The molecule has 0 saturated carbocycles. The molecular weight excluding hydrogens is 165 g/mol. The van der Waals surface area contributed by atoms with E-state index in [0.29, 0.717) is 5.75 Å². The van der Waals surface area contributed by atoms with Crippen LogP contribution in [0.3, 0.4) is 0 Å². The number of hydrogen-bond donors (Lipinski definition) is 0. The standard InChI is InChI=1S/C6H10NOPS/c1-5-7(4-9-2)6(8)3-10-5/h9H,1,3-4H2,2H3. The molecule has 0 radical (unpaired) electrons. The van der Waals surface area contributed by atoms with Gasteiger partial charge in [0.15, 0.2) is 0 Å². The highest BCUT2D eigenvalue weighted by molar-refractivity contribution is 8.04. The molecule has 1 aliphatic rings. The number of nitrogens with zero attached hydrogens (tertiary/aromatic N) is 1. The zero-order valence-corrected chi connectivity index (χ0v) is 7.70. The lowest BCUT2D eigenvalue weighted by molar-refractivity contribution is -0.124. The maximum atomic E-state index is 11.0. The van der Waals surface area contributed by atoms with Crippen LogP contribution in [0.15, 0.2) is 11.6 Å². The van der Waals surface area contributed by atoms with Crippen molar-refractivity contribution >= 4 is 26.2 Å². The molecule has 1 atom stereocenters. The normalized spacial score (nSPS) is 19.9. The van der Waals surface area contributed by atoms with Gasteiger partial charge in [-0.2, -0.15) is 0 Å². The lowest BCUT2D eigenvalue weighted by atomic mass is 10.6. The third-order valence-electron chi connectivity index (χ3n) is 1.28. The molecule has 0 aromatic rings. The first-order valence-corrected chi connectivity index (χ1v) is 5.71. The van der Waals surface area contributed by atoms with E-state index in [0.717, 1.165) is 19.9 Å². The third kappa shape index (κ3) is 1.53. The van der Waals surface area contributed by atoms with Crippen LogP contribution in [0.4, 0.5) is 0 Å². The van der Waals surface area contributed by atoms with Gasteiger partial charge in [-0.15, -0.1) is 8.58 Å². The molecule has 56 valence electrons. The zero-order valence-electron chi connectivity index (χ0n) is 5.89. The Morgan fingerprint density at radius 2 is 2.60 bits per heavy atom. The highest BCUT2D eigenvalue weighted by Gasteiger charge is 2.23. The summed E-state index contributed by atoms with van der Waals surface area (Å²) < 4.78 is 0. The fourth-order valence-corrected chi connectivity index (χ4v) is 2.34. The molecule has 0 spiro atoms. The molecule has 0 aliphatic carbocycles. The second-order valence-corrected chi connectivity index (χ2v) is 4.09. The summed E-state index contributed by atoms with van der Waals surface area (Å²) in [6.45, 7) is 5.86. The Morgan fingerprint density at radius 3 is 3.00 bits per heavy atom. The van der Waals surface area contributed by atoms with Crippen LogP contribution in [0.25, 0.3) is 0 Å². The summed E-state index contributed by atoms with van der Waals surface area (Å²) in [5.41, 5.74) is 0. The number of thioether (sulfide) groups is 1. The van der Waals surface area contributed by atoms with Gasteiger partial charge in [0.2, 0.25) is 5.91 Å². The fourth-order valence-electron chi connectivity index (χ4n) is 0.774. The maximum Gasteiger partial charge on any atom is 0.238 e. The summed E-state index contributed by atoms with van der Waals surface area (Å²) in [7, 11) is 0.795. The van der Waals surface area contributed by atoms with Crippen molar-refractivity contribution in [2.45, 2.75) is 0 Å². The third-order valence-corrected chi connectivity index (χ3v) is 2.86. The molecule has 1 saturated heterocycles. The van der Waals surface area contributed by atoms with Gasteiger partial charge in [-0.1, -0.05) is 18.3 Å². The number of carbonyl (C=O) groups excluding carboxylic acids is 1. The van der Waals surface area contributed by atoms with Gasteiger partial charge in [-0.3, -0.25) is 4.79 Å². The summed E-state index contributed by atoms with van der Waals surface area (Å²) in [4.78, 5) is 12.8. The summed E-state index contributed by atoms with van der Waals surface area (Å²) in [5, 5.41) is 0.916. The van der Waals surface area contributed by atoms with E-state index in [2.05, 4.69) is 13.2 Å². The summed E-state index contributed by atoms with van der Waals surface area (Å²) in [5.74, 6) is 0.799. The highest BCUT2D eigenvalue weighted by atomic mass is 32.2. The number of rotatable bonds is 2. The number of amides is 1. The minimum absolute atomic E-state index is 0.212. The second kappa shape index (κ2) is 3.40. The molecule has 0 bridgehead atoms. The SMILES string of the molecule is C=C1SCC(=O)N1CPC. The van der Waals surface area contributed by atoms with Crippen molar-refractivity contribution in [1.29, 1.82) is 0 Å². The molecule has 1 rings (SSSR count). The first kappa shape index (κ1) is 8.09. The molecule has 2 nitrogen and oxygen atoms in total. The highest BCUT2D eigenvalue weighted by Crippen LogP contribution is 2.28. The fraction of sp³-hybridized carbons (Fsp3) is 0.500. The summed E-state index contributed by atoms with van der Waals surface area (Å²) in [6, 6.07) is 0. The van der Waals surface area contributed by atoms with Crippen LogP contribution in [0, 0.1) is 0 Å². The van der Waals surface area contributed by atoms with Crippen LogP contribution >= 0.6 is 20.3 Å². The zero-order chi connectivity index (χ0) is 7.56. The van der Waals surface area contributed by atoms with E-state index in [-0.39, 0.29) is 5.91 Å². The lowest BCUT2D eigenvalue weighted by Crippen LogP contribution is -2.22. The summed E-state index contributed by atoms with van der Waals surface area (Å²) in [6.07, 6.45) is 0.852. The predicted octanol–water partition coefficient (Wildman–Crippen LogP) is 1.30. The van der Waals surface area contributed by atoms with E-state index >= 15 is 0 Å². The van der Waals surface area contributed by atoms with Gasteiger partial charge in [0.05, 0.1) is 10.8 Å². The van der Waals surface area contributed by atoms with Crippen molar-refractivity contribution < 1.29 is 4.79 Å². The quantitative estimate of drug-likeness (QED) is 0.589. The minimum atomic E-state index is 0.212. The summed E-state index contributed by atoms with van der Waals surface area (Å²) >= 11 is 1.54. The van der Waals surface area contributed by atoms with Crippen LogP contribution in [0.2, 0.25) is 0 Å². The van der Waals surface area contributed by atoms with Gasteiger partial charge in [-0.05, 0) is 6.66 Å². The average Bonchev–Trinajstić information content (AvgIpc) is 2.20. The average molecular weight is 175 g/mol. The minimum Gasteiger partial charge on any atom is -0.303 e. The van der Waals surface area contributed by atoms with Gasteiger partial charge in [0.25, 0.3) is 0 Å². The van der Waals surface area contributed by atoms with Crippen LogP contribution < -0.4 is 0 Å². The second-order valence-electron chi connectivity index (χ2n) is 2.02. The first-order valence-electron chi connectivity index (χ1n) is 3.02. The Morgan fingerprint density at radius 1 is 1.90 bits per heavy atom. The van der Waals surface area contributed by atoms with Crippen molar-refractivity contribution in [1.82, 2.24) is 4.90 Å². The smallest absolute Gasteiger partial charge is 0.238 e. The molecule has 0 aromatic carbocycles. The molecule has 1 amide bonds. The van der Waals surface area contributed by atoms with Gasteiger partial charge < -0.3 is 4.90 Å². The Kier molecular flexibility index (Phi) is 2.75. The maximum absolute atomic E-state index is 11.0. The van der Waals surface area contributed by atoms with Gasteiger partial charge in [0, 0.05) is 6.29 Å². The van der Waals surface area contributed by atoms with E-state index < -0.39 is 0 Å². The van der Waals surface area contributed by atoms with Crippen LogP contribution in [-0.2, 0) is 4.79 Å². The monoisotopic (exact) mass is 175 g/mol. The van der Waals surface area contributed by atoms with Crippen LogP contribution in [0.5, 0.6) is 0 Å². The Bertz CT molecular complexity index is 155. The molecular formula is C6H10NOPS. The van der Waals surface area contributed by atoms with Crippen molar-refractivity contribution in [3.8, 4) is 0 Å². The van der Waals surface area contributed by atoms with Crippen molar-refractivity contribution in [3.05, 3.63) is 11.6 Å². The topological polar surface area (TPSA) is 20.3 Å². The molecule has 1 heterocycles. The van der Waals surface area contributed by atoms with E-state index in [1.165, 1.54) is 11.8 Å².